The van der Waals surface area contributed by atoms with Crippen LogP contribution in [0.4, 0.5) is 0 Å². The summed E-state index contributed by atoms with van der Waals surface area (Å²) in [6.45, 7) is 1.96. The Kier molecular flexibility index (Phi) is 3.61. The van der Waals surface area contributed by atoms with Gasteiger partial charge in [-0.15, -0.1) is 0 Å². The first-order chi connectivity index (χ1) is 3.27. The van der Waals surface area contributed by atoms with Crippen LogP contribution in [0.5, 0.6) is 0 Å². The van der Waals surface area contributed by atoms with E-state index in [9.17, 15) is 0 Å². The molecule has 42 valence electrons. The molecule has 0 aliphatic carbocycles. The fraction of sp³-hybridized carbons (Fsp3) is 0.800. The fourth-order valence-corrected chi connectivity index (χ4v) is 0.272. The number of rotatable bonds is 2. The average Bonchev–Trinajstić information content (AvgIpc) is 1.61. The van der Waals surface area contributed by atoms with Crippen molar-refractivity contribution in [3.63, 3.8) is 0 Å². The van der Waals surface area contributed by atoms with Crippen molar-refractivity contribution in [3.8, 4) is 0 Å². The van der Waals surface area contributed by atoms with Gasteiger partial charge in [0.2, 0.25) is 0 Å². The molecule has 0 saturated heterocycles. The van der Waals surface area contributed by atoms with E-state index >= 15 is 0 Å². The van der Waals surface area contributed by atoms with Crippen LogP contribution in [0.1, 0.15) is 13.3 Å². The summed E-state index contributed by atoms with van der Waals surface area (Å²) in [5.41, 5.74) is 5.39. The van der Waals surface area contributed by atoms with Crippen molar-refractivity contribution in [2.24, 2.45) is 10.7 Å². The Hall–Kier alpha value is -0.370. The number of aliphatic imine (C=N–C) groups is 1. The lowest BCUT2D eigenvalue weighted by molar-refractivity contribution is 0.786. The highest BCUT2D eigenvalue weighted by molar-refractivity contribution is 5.57. The standard InChI is InChI=1S/C5H12N2/c1-5(6)3-4-7-2/h4-5H,3,6H2,1-2H3. The first-order valence-electron chi connectivity index (χ1n) is 2.43. The van der Waals surface area contributed by atoms with Crippen molar-refractivity contribution < 1.29 is 0 Å². The van der Waals surface area contributed by atoms with Crippen LogP contribution in [-0.2, 0) is 0 Å². The predicted molar refractivity (Wildman–Crippen MR) is 32.7 cm³/mol. The van der Waals surface area contributed by atoms with Crippen LogP contribution in [0.25, 0.3) is 0 Å². The first-order valence-corrected chi connectivity index (χ1v) is 2.43. The Bertz CT molecular complexity index is 57.1. The van der Waals surface area contributed by atoms with E-state index in [1.165, 1.54) is 0 Å². The molecule has 0 aromatic carbocycles. The Morgan fingerprint density at radius 3 is 2.57 bits per heavy atom. The molecule has 2 N–H and O–H groups in total. The van der Waals surface area contributed by atoms with E-state index in [2.05, 4.69) is 4.99 Å². The second kappa shape index (κ2) is 3.81. The van der Waals surface area contributed by atoms with E-state index in [4.69, 9.17) is 5.73 Å². The zero-order valence-electron chi connectivity index (χ0n) is 4.89. The summed E-state index contributed by atoms with van der Waals surface area (Å²) in [5, 5.41) is 0. The van der Waals surface area contributed by atoms with E-state index in [0.29, 0.717) is 0 Å². The molecule has 0 spiro atoms. The maximum atomic E-state index is 5.39. The minimum absolute atomic E-state index is 0.253. The molecule has 0 fully saturated rings. The summed E-state index contributed by atoms with van der Waals surface area (Å²) in [4.78, 5) is 3.77. The maximum absolute atomic E-state index is 5.39. The molecule has 0 aliphatic rings. The summed E-state index contributed by atoms with van der Waals surface area (Å²) in [7, 11) is 1.75. The monoisotopic (exact) mass is 100 g/mol. The molecule has 0 heterocycles. The second-order valence-electron chi connectivity index (χ2n) is 1.65. The van der Waals surface area contributed by atoms with Crippen molar-refractivity contribution in [1.82, 2.24) is 0 Å². The molecule has 1 unspecified atom stereocenters. The van der Waals surface area contributed by atoms with E-state index in [0.717, 1.165) is 6.42 Å². The van der Waals surface area contributed by atoms with Gasteiger partial charge in [-0.3, -0.25) is 0 Å². The SMILES string of the molecule is CN=CCC(C)N. The first kappa shape index (κ1) is 6.63. The van der Waals surface area contributed by atoms with E-state index in [-0.39, 0.29) is 6.04 Å². The van der Waals surface area contributed by atoms with Crippen molar-refractivity contribution in [1.29, 1.82) is 0 Å². The second-order valence-corrected chi connectivity index (χ2v) is 1.65. The van der Waals surface area contributed by atoms with Crippen molar-refractivity contribution >= 4 is 6.21 Å². The topological polar surface area (TPSA) is 38.4 Å². The third-order valence-corrected chi connectivity index (χ3v) is 0.660. The molecule has 1 atom stereocenters. The van der Waals surface area contributed by atoms with Gasteiger partial charge in [0.1, 0.15) is 0 Å². The highest BCUT2D eigenvalue weighted by atomic mass is 14.7. The van der Waals surface area contributed by atoms with Gasteiger partial charge in [-0.2, -0.15) is 0 Å². The number of hydrogen-bond acceptors (Lipinski definition) is 2. The van der Waals surface area contributed by atoms with E-state index in [1.807, 2.05) is 13.1 Å². The molecular formula is C5H12N2. The third kappa shape index (κ3) is 5.63. The Balaban J connectivity index is 2.97. The minimum atomic E-state index is 0.253. The fourth-order valence-electron chi connectivity index (χ4n) is 0.272. The molecule has 0 radical (unpaired) electrons. The molecule has 2 heteroatoms. The number of nitrogens with zero attached hydrogens (tertiary/aromatic N) is 1. The van der Waals surface area contributed by atoms with Crippen LogP contribution in [0, 0.1) is 0 Å². The highest BCUT2D eigenvalue weighted by Crippen LogP contribution is 1.77. The molecule has 0 aromatic rings. The normalized spacial score (nSPS) is 15.3. The molecule has 7 heavy (non-hydrogen) atoms. The molecule has 0 aromatic heterocycles. The molecule has 0 amide bonds. The van der Waals surface area contributed by atoms with Gasteiger partial charge in [0.15, 0.2) is 0 Å². The highest BCUT2D eigenvalue weighted by Gasteiger charge is 1.84. The molecule has 2 nitrogen and oxygen atoms in total. The van der Waals surface area contributed by atoms with Crippen LogP contribution in [0.15, 0.2) is 4.99 Å². The van der Waals surface area contributed by atoms with Gasteiger partial charge in [0.25, 0.3) is 0 Å². The quantitative estimate of drug-likeness (QED) is 0.502. The van der Waals surface area contributed by atoms with Gasteiger partial charge in [0.05, 0.1) is 0 Å². The Morgan fingerprint density at radius 1 is 1.86 bits per heavy atom. The molecular weight excluding hydrogens is 88.1 g/mol. The number of hydrogen-bond donors (Lipinski definition) is 1. The van der Waals surface area contributed by atoms with Gasteiger partial charge >= 0.3 is 0 Å². The lowest BCUT2D eigenvalue weighted by Crippen LogP contribution is -2.14. The Labute approximate surface area is 44.4 Å². The largest absolute Gasteiger partial charge is 0.328 e. The van der Waals surface area contributed by atoms with Crippen molar-refractivity contribution in [2.45, 2.75) is 19.4 Å². The summed E-state index contributed by atoms with van der Waals surface area (Å²) < 4.78 is 0. The van der Waals surface area contributed by atoms with Gasteiger partial charge < -0.3 is 10.7 Å². The predicted octanol–water partition coefficient (Wildman–Crippen LogP) is 0.424. The molecule has 0 saturated carbocycles. The lowest BCUT2D eigenvalue weighted by Gasteiger charge is -1.94. The van der Waals surface area contributed by atoms with Crippen LogP contribution in [0.2, 0.25) is 0 Å². The minimum Gasteiger partial charge on any atom is -0.328 e. The average molecular weight is 100 g/mol. The zero-order chi connectivity index (χ0) is 5.70. The van der Waals surface area contributed by atoms with E-state index < -0.39 is 0 Å². The van der Waals surface area contributed by atoms with Crippen LogP contribution < -0.4 is 5.73 Å². The molecule has 0 aliphatic heterocycles. The van der Waals surface area contributed by atoms with Gasteiger partial charge in [-0.05, 0) is 19.6 Å². The maximum Gasteiger partial charge on any atom is 0.0273 e. The van der Waals surface area contributed by atoms with Crippen LogP contribution in [-0.4, -0.2) is 19.3 Å². The van der Waals surface area contributed by atoms with Crippen molar-refractivity contribution in [2.75, 3.05) is 7.05 Å². The van der Waals surface area contributed by atoms with Gasteiger partial charge in [-0.25, -0.2) is 0 Å². The summed E-state index contributed by atoms with van der Waals surface area (Å²) in [5.74, 6) is 0. The van der Waals surface area contributed by atoms with Crippen LogP contribution in [0.3, 0.4) is 0 Å². The van der Waals surface area contributed by atoms with Crippen LogP contribution >= 0.6 is 0 Å². The van der Waals surface area contributed by atoms with E-state index in [1.54, 1.807) is 7.05 Å². The summed E-state index contributed by atoms with van der Waals surface area (Å²) in [6.07, 6.45) is 2.71. The molecule has 0 bridgehead atoms. The summed E-state index contributed by atoms with van der Waals surface area (Å²) in [6, 6.07) is 0.253. The zero-order valence-corrected chi connectivity index (χ0v) is 4.89. The summed E-state index contributed by atoms with van der Waals surface area (Å²) >= 11 is 0. The van der Waals surface area contributed by atoms with Gasteiger partial charge in [0, 0.05) is 13.1 Å². The third-order valence-electron chi connectivity index (χ3n) is 0.660. The molecule has 0 rings (SSSR count). The number of nitrogens with two attached hydrogens (primary N) is 1. The smallest absolute Gasteiger partial charge is 0.0273 e. The van der Waals surface area contributed by atoms with Crippen molar-refractivity contribution in [3.05, 3.63) is 0 Å². The van der Waals surface area contributed by atoms with Gasteiger partial charge in [-0.1, -0.05) is 0 Å². The Morgan fingerprint density at radius 2 is 2.43 bits per heavy atom. The lowest BCUT2D eigenvalue weighted by atomic mass is 10.3.